The van der Waals surface area contributed by atoms with Gasteiger partial charge in [0.15, 0.2) is 0 Å². The summed E-state index contributed by atoms with van der Waals surface area (Å²) in [6, 6.07) is 10.9. The van der Waals surface area contributed by atoms with Crippen LogP contribution in [0.4, 0.5) is 10.5 Å². The fraction of sp³-hybridized carbons (Fsp3) is 0.154. The van der Waals surface area contributed by atoms with Crippen LogP contribution in [0.15, 0.2) is 36.4 Å². The first-order valence-electron chi connectivity index (χ1n) is 5.36. The van der Waals surface area contributed by atoms with Gasteiger partial charge in [0.2, 0.25) is 0 Å². The number of anilines is 1. The summed E-state index contributed by atoms with van der Waals surface area (Å²) in [6.07, 6.45) is -0.571. The van der Waals surface area contributed by atoms with Crippen LogP contribution in [-0.2, 0) is 4.74 Å². The van der Waals surface area contributed by atoms with Gasteiger partial charge in [-0.2, -0.15) is 0 Å². The SMILES string of the molecule is CCOC(=O)Nc1cc2ccccc2cc1O. The molecule has 0 aliphatic rings. The van der Waals surface area contributed by atoms with E-state index in [1.165, 1.54) is 0 Å². The summed E-state index contributed by atoms with van der Waals surface area (Å²) in [6.45, 7) is 2.01. The Morgan fingerprint density at radius 1 is 1.29 bits per heavy atom. The van der Waals surface area contributed by atoms with E-state index in [0.717, 1.165) is 10.8 Å². The van der Waals surface area contributed by atoms with Gasteiger partial charge in [0.1, 0.15) is 5.75 Å². The molecule has 0 heterocycles. The highest BCUT2D eigenvalue weighted by molar-refractivity contribution is 5.94. The van der Waals surface area contributed by atoms with Crippen molar-refractivity contribution in [1.29, 1.82) is 0 Å². The molecule has 0 spiro atoms. The van der Waals surface area contributed by atoms with Crippen LogP contribution in [0, 0.1) is 0 Å². The highest BCUT2D eigenvalue weighted by Crippen LogP contribution is 2.29. The summed E-state index contributed by atoms with van der Waals surface area (Å²) < 4.78 is 4.75. The normalized spacial score (nSPS) is 10.2. The molecule has 2 aromatic rings. The fourth-order valence-electron chi connectivity index (χ4n) is 1.61. The van der Waals surface area contributed by atoms with Gasteiger partial charge in [0, 0.05) is 0 Å². The molecule has 4 heteroatoms. The molecule has 0 aliphatic carbocycles. The van der Waals surface area contributed by atoms with Crippen LogP contribution in [0.3, 0.4) is 0 Å². The molecule has 2 rings (SSSR count). The number of amides is 1. The van der Waals surface area contributed by atoms with Crippen molar-refractivity contribution in [2.24, 2.45) is 0 Å². The maximum absolute atomic E-state index is 11.3. The molecule has 0 aliphatic heterocycles. The molecular formula is C13H13NO3. The molecule has 1 amide bonds. The van der Waals surface area contributed by atoms with Crippen LogP contribution in [0.2, 0.25) is 0 Å². The number of fused-ring (bicyclic) bond motifs is 1. The zero-order valence-corrected chi connectivity index (χ0v) is 9.43. The van der Waals surface area contributed by atoms with Crippen molar-refractivity contribution in [1.82, 2.24) is 0 Å². The Morgan fingerprint density at radius 3 is 2.59 bits per heavy atom. The van der Waals surface area contributed by atoms with Gasteiger partial charge in [-0.05, 0) is 29.8 Å². The molecule has 0 fully saturated rings. The van der Waals surface area contributed by atoms with E-state index < -0.39 is 6.09 Å². The Labute approximate surface area is 98.8 Å². The van der Waals surface area contributed by atoms with E-state index in [1.54, 1.807) is 19.1 Å². The average molecular weight is 231 g/mol. The van der Waals surface area contributed by atoms with Crippen molar-refractivity contribution in [3.8, 4) is 5.75 Å². The van der Waals surface area contributed by atoms with E-state index in [2.05, 4.69) is 5.32 Å². The third kappa shape index (κ3) is 2.47. The van der Waals surface area contributed by atoms with E-state index in [9.17, 15) is 9.90 Å². The monoisotopic (exact) mass is 231 g/mol. The quantitative estimate of drug-likeness (QED) is 0.781. The molecule has 4 nitrogen and oxygen atoms in total. The first-order valence-corrected chi connectivity index (χ1v) is 5.36. The Balaban J connectivity index is 2.34. The maximum Gasteiger partial charge on any atom is 0.411 e. The smallest absolute Gasteiger partial charge is 0.411 e. The third-order valence-corrected chi connectivity index (χ3v) is 2.38. The van der Waals surface area contributed by atoms with Gasteiger partial charge in [-0.15, -0.1) is 0 Å². The molecular weight excluding hydrogens is 218 g/mol. The number of rotatable bonds is 2. The number of phenolic OH excluding ortho intramolecular Hbond substituents is 1. The van der Waals surface area contributed by atoms with E-state index in [1.807, 2.05) is 24.3 Å². The minimum absolute atomic E-state index is 0.0248. The fourth-order valence-corrected chi connectivity index (χ4v) is 1.61. The molecule has 0 bridgehead atoms. The van der Waals surface area contributed by atoms with Crippen LogP contribution < -0.4 is 5.32 Å². The summed E-state index contributed by atoms with van der Waals surface area (Å²) in [5.41, 5.74) is 0.349. The minimum atomic E-state index is -0.571. The second-order valence-corrected chi connectivity index (χ2v) is 3.56. The van der Waals surface area contributed by atoms with Crippen LogP contribution in [0.25, 0.3) is 10.8 Å². The minimum Gasteiger partial charge on any atom is -0.506 e. The second-order valence-electron chi connectivity index (χ2n) is 3.56. The summed E-state index contributed by atoms with van der Waals surface area (Å²) in [7, 11) is 0. The summed E-state index contributed by atoms with van der Waals surface area (Å²) in [5, 5.41) is 14.1. The molecule has 0 radical (unpaired) electrons. The van der Waals surface area contributed by atoms with Crippen molar-refractivity contribution in [2.45, 2.75) is 6.92 Å². The molecule has 17 heavy (non-hydrogen) atoms. The van der Waals surface area contributed by atoms with E-state index in [0.29, 0.717) is 12.3 Å². The van der Waals surface area contributed by atoms with Gasteiger partial charge in [0.25, 0.3) is 0 Å². The van der Waals surface area contributed by atoms with Gasteiger partial charge in [0.05, 0.1) is 12.3 Å². The zero-order chi connectivity index (χ0) is 12.3. The number of ether oxygens (including phenoxy) is 1. The van der Waals surface area contributed by atoms with Crippen molar-refractivity contribution in [3.63, 3.8) is 0 Å². The van der Waals surface area contributed by atoms with Crippen molar-refractivity contribution in [2.75, 3.05) is 11.9 Å². The van der Waals surface area contributed by atoms with Gasteiger partial charge < -0.3 is 9.84 Å². The lowest BCUT2D eigenvalue weighted by molar-refractivity contribution is 0.168. The number of aromatic hydroxyl groups is 1. The molecule has 88 valence electrons. The topological polar surface area (TPSA) is 58.6 Å². The van der Waals surface area contributed by atoms with Gasteiger partial charge in [-0.3, -0.25) is 5.32 Å². The van der Waals surface area contributed by atoms with Crippen LogP contribution in [0.1, 0.15) is 6.92 Å². The van der Waals surface area contributed by atoms with Crippen LogP contribution >= 0.6 is 0 Å². The highest BCUT2D eigenvalue weighted by Gasteiger charge is 2.07. The molecule has 2 aromatic carbocycles. The number of carbonyl (C=O) groups is 1. The van der Waals surface area contributed by atoms with E-state index >= 15 is 0 Å². The first-order chi connectivity index (χ1) is 8.20. The lowest BCUT2D eigenvalue weighted by atomic mass is 10.1. The van der Waals surface area contributed by atoms with Crippen LogP contribution in [0.5, 0.6) is 5.75 Å². The van der Waals surface area contributed by atoms with Crippen molar-refractivity contribution < 1.29 is 14.6 Å². The summed E-state index contributed by atoms with van der Waals surface area (Å²) in [5.74, 6) is 0.0248. The van der Waals surface area contributed by atoms with E-state index in [4.69, 9.17) is 4.74 Å². The van der Waals surface area contributed by atoms with E-state index in [-0.39, 0.29) is 5.75 Å². The molecule has 2 N–H and O–H groups in total. The molecule has 0 saturated heterocycles. The Hall–Kier alpha value is -2.23. The zero-order valence-electron chi connectivity index (χ0n) is 9.43. The van der Waals surface area contributed by atoms with Crippen molar-refractivity contribution >= 4 is 22.6 Å². The van der Waals surface area contributed by atoms with Crippen LogP contribution in [-0.4, -0.2) is 17.8 Å². The second kappa shape index (κ2) is 4.74. The predicted molar refractivity (Wildman–Crippen MR) is 66.3 cm³/mol. The molecule has 0 aromatic heterocycles. The van der Waals surface area contributed by atoms with Gasteiger partial charge in [-0.1, -0.05) is 24.3 Å². The first kappa shape index (κ1) is 11.3. The summed E-state index contributed by atoms with van der Waals surface area (Å²) in [4.78, 5) is 11.3. The number of phenols is 1. The standard InChI is InChI=1S/C13H13NO3/c1-2-17-13(16)14-11-7-9-5-3-4-6-10(9)8-12(11)15/h3-8,15H,2H2,1H3,(H,14,16). The lowest BCUT2D eigenvalue weighted by Gasteiger charge is -2.08. The van der Waals surface area contributed by atoms with Gasteiger partial charge >= 0.3 is 6.09 Å². The number of hydrogen-bond acceptors (Lipinski definition) is 3. The number of hydrogen-bond donors (Lipinski definition) is 2. The number of carbonyl (C=O) groups excluding carboxylic acids is 1. The lowest BCUT2D eigenvalue weighted by Crippen LogP contribution is -2.13. The third-order valence-electron chi connectivity index (χ3n) is 2.38. The Bertz CT molecular complexity index is 551. The Kier molecular flexibility index (Phi) is 3.14. The highest BCUT2D eigenvalue weighted by atomic mass is 16.5. The largest absolute Gasteiger partial charge is 0.506 e. The maximum atomic E-state index is 11.3. The molecule has 0 atom stereocenters. The number of nitrogens with one attached hydrogen (secondary N) is 1. The van der Waals surface area contributed by atoms with Crippen molar-refractivity contribution in [3.05, 3.63) is 36.4 Å². The average Bonchev–Trinajstić information content (AvgIpc) is 2.30. The molecule has 0 saturated carbocycles. The van der Waals surface area contributed by atoms with Gasteiger partial charge in [-0.25, -0.2) is 4.79 Å². The summed E-state index contributed by atoms with van der Waals surface area (Å²) >= 11 is 0. The molecule has 0 unspecified atom stereocenters. The number of benzene rings is 2. The Morgan fingerprint density at radius 2 is 1.94 bits per heavy atom. The predicted octanol–water partition coefficient (Wildman–Crippen LogP) is 3.11.